The van der Waals surface area contributed by atoms with Crippen molar-refractivity contribution >= 4 is 24.4 Å². The Kier molecular flexibility index (Phi) is 10.9. The van der Waals surface area contributed by atoms with E-state index in [1.54, 1.807) is 4.90 Å². The predicted molar refractivity (Wildman–Crippen MR) is 111 cm³/mol. The number of carbonyl (C=O) groups excluding carboxylic acids is 3. The summed E-state index contributed by atoms with van der Waals surface area (Å²) in [6.45, 7) is 3.04. The molecular weight excluding hydrogens is 390 g/mol. The Morgan fingerprint density at radius 2 is 1.37 bits per heavy atom. The molecule has 0 aromatic rings. The molecule has 2 rings (SSSR count). The molecule has 2 N–H and O–H groups in total. The third kappa shape index (κ3) is 9.29. The number of nitrogens with one attached hydrogen (secondary N) is 1. The molecule has 170 valence electrons. The van der Waals surface area contributed by atoms with Crippen LogP contribution in [0.15, 0.2) is 0 Å². The van der Waals surface area contributed by atoms with Gasteiger partial charge in [0.1, 0.15) is 12.6 Å². The van der Waals surface area contributed by atoms with Crippen molar-refractivity contribution in [2.24, 2.45) is 5.92 Å². The molecule has 10 nitrogen and oxygen atoms in total. The lowest BCUT2D eigenvalue weighted by Gasteiger charge is -2.32. The molecule has 0 unspecified atom stereocenters. The first kappa shape index (κ1) is 24.4. The average molecular weight is 426 g/mol. The topological polar surface area (TPSA) is 114 Å². The maximum atomic E-state index is 12.6. The first-order valence-electron chi connectivity index (χ1n) is 10.7. The Labute approximate surface area is 178 Å². The van der Waals surface area contributed by atoms with Gasteiger partial charge in [0.05, 0.1) is 46.2 Å². The highest BCUT2D eigenvalue weighted by Gasteiger charge is 2.24. The summed E-state index contributed by atoms with van der Waals surface area (Å²) in [5.41, 5.74) is 0. The van der Waals surface area contributed by atoms with Crippen molar-refractivity contribution in [3.8, 4) is 0 Å². The number of hydrogen-bond acceptors (Lipinski definition) is 8. The molecule has 1 aliphatic heterocycles. The largest absolute Gasteiger partial charge is 0.480 e. The van der Waals surface area contributed by atoms with E-state index in [2.05, 4.69) is 5.32 Å². The van der Waals surface area contributed by atoms with Gasteiger partial charge in [0.25, 0.3) is 0 Å². The Bertz CT molecular complexity index is 570. The van der Waals surface area contributed by atoms with Gasteiger partial charge in [-0.1, -0.05) is 19.3 Å². The Morgan fingerprint density at radius 3 is 1.90 bits per heavy atom. The van der Waals surface area contributed by atoms with Crippen molar-refractivity contribution in [2.45, 2.75) is 32.1 Å². The molecule has 1 heterocycles. The van der Waals surface area contributed by atoms with Gasteiger partial charge < -0.3 is 20.0 Å². The zero-order valence-electron chi connectivity index (χ0n) is 17.7. The van der Waals surface area contributed by atoms with Gasteiger partial charge in [0, 0.05) is 19.6 Å². The fourth-order valence-corrected chi connectivity index (χ4v) is 4.17. The highest BCUT2D eigenvalue weighted by Crippen LogP contribution is 2.22. The molecule has 0 radical (unpaired) electrons. The molecule has 0 atom stereocenters. The van der Waals surface area contributed by atoms with Crippen molar-refractivity contribution in [1.29, 1.82) is 0 Å². The first-order valence-corrected chi connectivity index (χ1v) is 10.7. The van der Waals surface area contributed by atoms with Crippen molar-refractivity contribution < 1.29 is 24.3 Å². The minimum atomic E-state index is -0.966. The van der Waals surface area contributed by atoms with Crippen LogP contribution in [0.25, 0.3) is 0 Å². The normalized spacial score (nSPS) is 21.3. The van der Waals surface area contributed by atoms with Crippen LogP contribution in [-0.2, 0) is 19.2 Å². The summed E-state index contributed by atoms with van der Waals surface area (Å²) in [5, 5.41) is 12.3. The van der Waals surface area contributed by atoms with Gasteiger partial charge in [-0.05, 0) is 18.8 Å². The number of hydrogen-bond donors (Lipinski definition) is 2. The van der Waals surface area contributed by atoms with Crippen LogP contribution in [0.1, 0.15) is 32.1 Å². The van der Waals surface area contributed by atoms with Crippen LogP contribution in [0.4, 0.5) is 0 Å². The lowest BCUT2D eigenvalue weighted by molar-refractivity contribution is -0.139. The summed E-state index contributed by atoms with van der Waals surface area (Å²) in [5.74, 6) is -0.525. The Morgan fingerprint density at radius 1 is 0.833 bits per heavy atom. The van der Waals surface area contributed by atoms with E-state index < -0.39 is 5.97 Å². The molecule has 2 aliphatic rings. The molecule has 0 aromatic heterocycles. The fraction of sp³-hybridized carbons (Fsp3) is 0.800. The summed E-state index contributed by atoms with van der Waals surface area (Å²) >= 11 is 0. The second kappa shape index (κ2) is 13.4. The molecule has 30 heavy (non-hydrogen) atoms. The number of aliphatic carboxylic acids is 1. The van der Waals surface area contributed by atoms with Crippen LogP contribution in [0.2, 0.25) is 0 Å². The number of carbonyl (C=O) groups is 4. The molecular formula is C20H35N5O5. The monoisotopic (exact) mass is 425 g/mol. The molecule has 10 heteroatoms. The number of carboxylic acid groups (broad SMARTS) is 1. The van der Waals surface area contributed by atoms with Crippen LogP contribution in [0, 0.1) is 5.92 Å². The van der Waals surface area contributed by atoms with E-state index in [0.717, 1.165) is 25.4 Å². The number of rotatable bonds is 10. The van der Waals surface area contributed by atoms with Gasteiger partial charge in [-0.2, -0.15) is 0 Å². The molecule has 0 aromatic carbocycles. The minimum absolute atomic E-state index is 0.0918. The van der Waals surface area contributed by atoms with Gasteiger partial charge in [-0.25, -0.2) is 0 Å². The molecule has 1 saturated heterocycles. The Balaban J connectivity index is 2.00. The van der Waals surface area contributed by atoms with Crippen LogP contribution >= 0.6 is 0 Å². The van der Waals surface area contributed by atoms with Gasteiger partial charge in [0.15, 0.2) is 0 Å². The van der Waals surface area contributed by atoms with Crippen LogP contribution in [0.5, 0.6) is 0 Å². The summed E-state index contributed by atoms with van der Waals surface area (Å²) in [6.07, 6.45) is 7.61. The van der Waals surface area contributed by atoms with Gasteiger partial charge in [-0.3, -0.25) is 29.2 Å². The zero-order chi connectivity index (χ0) is 21.8. The quantitative estimate of drug-likeness (QED) is 0.437. The van der Waals surface area contributed by atoms with Crippen molar-refractivity contribution in [1.82, 2.24) is 24.9 Å². The third-order valence-electron chi connectivity index (χ3n) is 5.64. The molecule has 1 saturated carbocycles. The van der Waals surface area contributed by atoms with E-state index >= 15 is 0 Å². The SMILES string of the molecule is O=CCN1CCN(CC=O)CN(CC(=O)NCC2CCCCC2)CN(CC(=O)O)C1. The predicted octanol–water partition coefficient (Wildman–Crippen LogP) is -0.741. The maximum absolute atomic E-state index is 12.6. The van der Waals surface area contributed by atoms with E-state index in [-0.39, 0.29) is 38.8 Å². The second-order valence-electron chi connectivity index (χ2n) is 8.27. The average Bonchev–Trinajstić information content (AvgIpc) is 2.77. The molecule has 0 spiro atoms. The van der Waals surface area contributed by atoms with E-state index in [0.29, 0.717) is 38.9 Å². The van der Waals surface area contributed by atoms with E-state index in [1.165, 1.54) is 19.3 Å². The molecule has 2 fully saturated rings. The third-order valence-corrected chi connectivity index (χ3v) is 5.64. The number of aldehydes is 2. The van der Waals surface area contributed by atoms with Gasteiger partial charge >= 0.3 is 5.97 Å². The maximum Gasteiger partial charge on any atom is 0.317 e. The van der Waals surface area contributed by atoms with Crippen LogP contribution in [-0.4, -0.2) is 115 Å². The first-order chi connectivity index (χ1) is 14.5. The van der Waals surface area contributed by atoms with Crippen molar-refractivity contribution in [3.05, 3.63) is 0 Å². The van der Waals surface area contributed by atoms with Crippen LogP contribution < -0.4 is 5.32 Å². The van der Waals surface area contributed by atoms with E-state index in [1.807, 2.05) is 14.7 Å². The fourth-order valence-electron chi connectivity index (χ4n) is 4.17. The summed E-state index contributed by atoms with van der Waals surface area (Å²) in [4.78, 5) is 53.3. The standard InChI is InChI=1S/C20H35N5O5/c26-10-8-22-6-7-23(9-11-27)16-25(14-20(29)30)17-24(15-22)13-19(28)21-12-18-4-2-1-3-5-18/h10-11,18H,1-9,12-17H2,(H,21,28)(H,29,30). The lowest BCUT2D eigenvalue weighted by Crippen LogP contribution is -2.50. The van der Waals surface area contributed by atoms with E-state index in [4.69, 9.17) is 0 Å². The second-order valence-corrected chi connectivity index (χ2v) is 8.27. The number of nitrogens with zero attached hydrogens (tertiary/aromatic N) is 4. The summed E-state index contributed by atoms with van der Waals surface area (Å²) < 4.78 is 0. The molecule has 1 amide bonds. The highest BCUT2D eigenvalue weighted by atomic mass is 16.4. The van der Waals surface area contributed by atoms with Crippen LogP contribution in [0.3, 0.4) is 0 Å². The molecule has 0 bridgehead atoms. The summed E-state index contributed by atoms with van der Waals surface area (Å²) in [7, 11) is 0. The van der Waals surface area contributed by atoms with E-state index in [9.17, 15) is 24.3 Å². The van der Waals surface area contributed by atoms with Gasteiger partial charge in [0.2, 0.25) is 5.91 Å². The number of carboxylic acids is 1. The summed E-state index contributed by atoms with van der Waals surface area (Å²) in [6, 6.07) is 0. The minimum Gasteiger partial charge on any atom is -0.480 e. The Hall–Kier alpha value is -1.88. The number of amides is 1. The lowest BCUT2D eigenvalue weighted by atomic mass is 9.89. The highest BCUT2D eigenvalue weighted by molar-refractivity contribution is 5.78. The van der Waals surface area contributed by atoms with Gasteiger partial charge in [-0.15, -0.1) is 0 Å². The smallest absolute Gasteiger partial charge is 0.317 e. The van der Waals surface area contributed by atoms with Crippen molar-refractivity contribution in [2.75, 3.05) is 65.8 Å². The zero-order valence-corrected chi connectivity index (χ0v) is 17.7. The van der Waals surface area contributed by atoms with Crippen molar-refractivity contribution in [3.63, 3.8) is 0 Å². The molecule has 1 aliphatic carbocycles.